The second kappa shape index (κ2) is 8.85. The molecule has 2 heterocycles. The summed E-state index contributed by atoms with van der Waals surface area (Å²) in [5, 5.41) is 17.5. The Bertz CT molecular complexity index is 870. The number of phenolic OH excluding ortho intramolecular Hbond substituents is 2. The third-order valence-corrected chi connectivity index (χ3v) is 4.14. The van der Waals surface area contributed by atoms with Crippen LogP contribution in [0.3, 0.4) is 0 Å². The molecule has 0 spiro atoms. The Morgan fingerprint density at radius 2 is 0.839 bits per heavy atom. The number of halogens is 8. The highest BCUT2D eigenvalue weighted by Gasteiger charge is 2.34. The summed E-state index contributed by atoms with van der Waals surface area (Å²) in [6, 6.07) is 0. The summed E-state index contributed by atoms with van der Waals surface area (Å²) in [5.41, 5.74) is -4.25. The van der Waals surface area contributed by atoms with E-state index in [1.165, 1.54) is 0 Å². The van der Waals surface area contributed by atoms with Crippen molar-refractivity contribution in [2.45, 2.75) is 12.2 Å². The molecule has 0 bridgehead atoms. The predicted octanol–water partition coefficient (Wildman–Crippen LogP) is 3.68. The normalized spacial score (nSPS) is 19.1. The molecule has 4 rings (SSSR count). The second-order valence-electron chi connectivity index (χ2n) is 6.41. The van der Waals surface area contributed by atoms with Crippen molar-refractivity contribution in [2.75, 3.05) is 26.4 Å². The maximum Gasteiger partial charge on any atom is 0.204 e. The van der Waals surface area contributed by atoms with Gasteiger partial charge < -0.3 is 24.4 Å². The Balaban J connectivity index is 0.000000248. The number of benzene rings is 2. The van der Waals surface area contributed by atoms with Crippen LogP contribution in [0.4, 0.5) is 35.1 Å². The zero-order valence-electron chi connectivity index (χ0n) is 15.1. The third-order valence-electron chi connectivity index (χ3n) is 4.14. The van der Waals surface area contributed by atoms with Gasteiger partial charge in [-0.25, -0.2) is 17.6 Å². The van der Waals surface area contributed by atoms with Gasteiger partial charge in [0.2, 0.25) is 23.3 Å². The number of rotatable bonds is 5. The van der Waals surface area contributed by atoms with Gasteiger partial charge in [-0.3, -0.25) is 0 Å². The number of phenols is 2. The molecule has 5 nitrogen and oxygen atoms in total. The lowest BCUT2D eigenvalue weighted by Crippen LogP contribution is -2.06. The molecular formula is C18H12F8O5. The van der Waals surface area contributed by atoms with Gasteiger partial charge >= 0.3 is 0 Å². The van der Waals surface area contributed by atoms with Crippen molar-refractivity contribution in [3.8, 4) is 22.6 Å². The van der Waals surface area contributed by atoms with Crippen molar-refractivity contribution >= 4 is 0 Å². The summed E-state index contributed by atoms with van der Waals surface area (Å²) in [4.78, 5) is 0. The lowest BCUT2D eigenvalue weighted by atomic mass is 10.0. The van der Waals surface area contributed by atoms with E-state index < -0.39 is 69.2 Å². The van der Waals surface area contributed by atoms with Crippen LogP contribution in [0.25, 0.3) is 11.1 Å². The quantitative estimate of drug-likeness (QED) is 0.405. The Morgan fingerprint density at radius 1 is 0.581 bits per heavy atom. The molecule has 0 radical (unpaired) electrons. The fourth-order valence-corrected chi connectivity index (χ4v) is 2.34. The Kier molecular flexibility index (Phi) is 6.57. The number of hydrogen-bond donors (Lipinski definition) is 2. The van der Waals surface area contributed by atoms with Gasteiger partial charge in [-0.2, -0.15) is 17.6 Å². The van der Waals surface area contributed by atoms with Gasteiger partial charge in [0, 0.05) is 0 Å². The first-order valence-electron chi connectivity index (χ1n) is 8.47. The minimum atomic E-state index is -2.49. The highest BCUT2D eigenvalue weighted by atomic mass is 19.2. The summed E-state index contributed by atoms with van der Waals surface area (Å²) in [7, 11) is 0. The number of aromatic hydroxyl groups is 2. The topological polar surface area (TPSA) is 74.8 Å². The van der Waals surface area contributed by atoms with Crippen LogP contribution in [0, 0.1) is 46.5 Å². The van der Waals surface area contributed by atoms with E-state index in [-0.39, 0.29) is 0 Å². The molecule has 0 aromatic heterocycles. The molecule has 13 heteroatoms. The maximum atomic E-state index is 13.5. The molecule has 2 aromatic carbocycles. The average molecular weight is 460 g/mol. The molecule has 170 valence electrons. The smallest absolute Gasteiger partial charge is 0.204 e. The van der Waals surface area contributed by atoms with Gasteiger partial charge in [-0.05, 0) is 0 Å². The van der Waals surface area contributed by atoms with E-state index >= 15 is 0 Å². The zero-order chi connectivity index (χ0) is 23.0. The van der Waals surface area contributed by atoms with Crippen LogP contribution >= 0.6 is 0 Å². The molecule has 2 aliphatic heterocycles. The van der Waals surface area contributed by atoms with Crippen molar-refractivity contribution in [2.24, 2.45) is 0 Å². The Morgan fingerprint density at radius 3 is 1.06 bits per heavy atom. The number of hydrogen-bond acceptors (Lipinski definition) is 5. The SMILES string of the molecule is C(OCC1CO1)C1CO1.Oc1c(F)c(F)c(-c2c(F)c(F)c(O)c(F)c2F)c(F)c1F. The minimum absolute atomic E-state index is 0.392. The van der Waals surface area contributed by atoms with Gasteiger partial charge in [0.1, 0.15) is 12.2 Å². The van der Waals surface area contributed by atoms with Gasteiger partial charge in [0.05, 0.1) is 37.6 Å². The van der Waals surface area contributed by atoms with Crippen molar-refractivity contribution in [1.82, 2.24) is 0 Å². The van der Waals surface area contributed by atoms with Gasteiger partial charge in [-0.15, -0.1) is 0 Å². The van der Waals surface area contributed by atoms with Crippen LogP contribution in [0.2, 0.25) is 0 Å². The fraction of sp³-hybridized carbons (Fsp3) is 0.333. The lowest BCUT2D eigenvalue weighted by Gasteiger charge is -2.12. The number of ether oxygens (including phenoxy) is 3. The van der Waals surface area contributed by atoms with Crippen LogP contribution in [0.5, 0.6) is 11.5 Å². The van der Waals surface area contributed by atoms with Crippen molar-refractivity contribution in [1.29, 1.82) is 0 Å². The monoisotopic (exact) mass is 460 g/mol. The van der Waals surface area contributed by atoms with E-state index in [0.717, 1.165) is 26.4 Å². The summed E-state index contributed by atoms with van der Waals surface area (Å²) in [6.07, 6.45) is 0.785. The highest BCUT2D eigenvalue weighted by Crippen LogP contribution is 2.40. The predicted molar refractivity (Wildman–Crippen MR) is 85.2 cm³/mol. The molecule has 2 aromatic rings. The van der Waals surface area contributed by atoms with E-state index in [4.69, 9.17) is 24.4 Å². The van der Waals surface area contributed by atoms with Crippen LogP contribution in [0.1, 0.15) is 0 Å². The van der Waals surface area contributed by atoms with Crippen LogP contribution in [-0.4, -0.2) is 48.8 Å². The largest absolute Gasteiger partial charge is 0.503 e. The fourth-order valence-electron chi connectivity index (χ4n) is 2.34. The van der Waals surface area contributed by atoms with E-state index in [0.29, 0.717) is 12.2 Å². The van der Waals surface area contributed by atoms with Crippen LogP contribution < -0.4 is 0 Å². The first-order chi connectivity index (χ1) is 14.6. The molecular weight excluding hydrogens is 448 g/mol. The zero-order valence-corrected chi connectivity index (χ0v) is 15.1. The molecule has 2 aliphatic rings. The van der Waals surface area contributed by atoms with Crippen molar-refractivity contribution < 1.29 is 59.5 Å². The van der Waals surface area contributed by atoms with E-state index in [2.05, 4.69) is 0 Å². The van der Waals surface area contributed by atoms with E-state index in [9.17, 15) is 35.1 Å². The molecule has 31 heavy (non-hydrogen) atoms. The van der Waals surface area contributed by atoms with Crippen molar-refractivity contribution in [3.63, 3.8) is 0 Å². The standard InChI is InChI=1S/C12H2F8O2.C6H10O3/c13-3-1(4(14)8(18)11(21)7(3)17)2-5(15)9(19)12(22)10(20)6(2)16;1(5-3-8-5)7-2-6-4-9-6/h21-22H;5-6H,1-4H2. The average Bonchev–Trinajstić information content (AvgIpc) is 3.67. The summed E-state index contributed by atoms with van der Waals surface area (Å²) in [5.74, 6) is -23.9. The summed E-state index contributed by atoms with van der Waals surface area (Å²) in [6.45, 7) is 3.26. The first kappa shape index (κ1) is 23.0. The second-order valence-corrected chi connectivity index (χ2v) is 6.41. The third kappa shape index (κ3) is 4.67. The van der Waals surface area contributed by atoms with Crippen LogP contribution in [0.15, 0.2) is 0 Å². The van der Waals surface area contributed by atoms with E-state index in [1.807, 2.05) is 0 Å². The molecule has 2 N–H and O–H groups in total. The highest BCUT2D eigenvalue weighted by molar-refractivity contribution is 5.69. The first-order valence-corrected chi connectivity index (χ1v) is 8.47. The molecule has 0 saturated carbocycles. The van der Waals surface area contributed by atoms with Gasteiger partial charge in [0.15, 0.2) is 34.8 Å². The summed E-state index contributed by atoms with van der Waals surface area (Å²) < 4.78 is 122. The molecule has 0 aliphatic carbocycles. The molecule has 2 saturated heterocycles. The summed E-state index contributed by atoms with van der Waals surface area (Å²) >= 11 is 0. The van der Waals surface area contributed by atoms with Gasteiger partial charge in [0.25, 0.3) is 0 Å². The molecule has 0 amide bonds. The lowest BCUT2D eigenvalue weighted by molar-refractivity contribution is 0.102. The minimum Gasteiger partial charge on any atom is -0.503 e. The maximum absolute atomic E-state index is 13.5. The van der Waals surface area contributed by atoms with Crippen LogP contribution in [-0.2, 0) is 14.2 Å². The Hall–Kier alpha value is -2.64. The van der Waals surface area contributed by atoms with E-state index in [1.54, 1.807) is 0 Å². The molecule has 2 atom stereocenters. The molecule has 2 fully saturated rings. The van der Waals surface area contributed by atoms with Crippen molar-refractivity contribution in [3.05, 3.63) is 46.5 Å². The number of epoxide rings is 2. The Labute approximate surface area is 168 Å². The molecule has 2 unspecified atom stereocenters. The van der Waals surface area contributed by atoms with Gasteiger partial charge in [-0.1, -0.05) is 0 Å².